The molecule has 0 aromatic heterocycles. The van der Waals surface area contributed by atoms with Gasteiger partial charge in [0.1, 0.15) is 0 Å². The van der Waals surface area contributed by atoms with Gasteiger partial charge in [0.15, 0.2) is 5.78 Å². The quantitative estimate of drug-likeness (QED) is 0.845. The van der Waals surface area contributed by atoms with Crippen LogP contribution in [0.1, 0.15) is 27.9 Å². The number of anilines is 1. The molecule has 2 aromatic carbocycles. The van der Waals surface area contributed by atoms with E-state index in [2.05, 4.69) is 0 Å². The molecule has 0 radical (unpaired) electrons. The van der Waals surface area contributed by atoms with Crippen LogP contribution in [-0.2, 0) is 11.2 Å². The highest BCUT2D eigenvalue weighted by molar-refractivity contribution is 6.30. The Morgan fingerprint density at radius 1 is 1.18 bits per heavy atom. The Bertz CT molecular complexity index is 737. The number of rotatable bonds is 2. The van der Waals surface area contributed by atoms with Gasteiger partial charge in [-0.05, 0) is 36.8 Å². The highest BCUT2D eigenvalue weighted by Gasteiger charge is 2.27. The smallest absolute Gasteiger partial charge is 0.231 e. The van der Waals surface area contributed by atoms with Crippen LogP contribution >= 0.6 is 11.6 Å². The average molecular weight is 314 g/mol. The molecule has 22 heavy (non-hydrogen) atoms. The van der Waals surface area contributed by atoms with Gasteiger partial charge in [-0.15, -0.1) is 0 Å². The van der Waals surface area contributed by atoms with E-state index in [4.69, 9.17) is 11.6 Å². The van der Waals surface area contributed by atoms with E-state index < -0.39 is 0 Å². The number of halogens is 1. The maximum atomic E-state index is 12.6. The molecule has 4 heteroatoms. The molecule has 1 aliphatic rings. The van der Waals surface area contributed by atoms with Crippen LogP contribution in [0.15, 0.2) is 42.5 Å². The summed E-state index contributed by atoms with van der Waals surface area (Å²) in [5.41, 5.74) is 3.32. The van der Waals surface area contributed by atoms with Crippen molar-refractivity contribution in [2.75, 3.05) is 11.4 Å². The Morgan fingerprint density at radius 3 is 2.64 bits per heavy atom. The van der Waals surface area contributed by atoms with Crippen molar-refractivity contribution in [3.05, 3.63) is 64.2 Å². The van der Waals surface area contributed by atoms with E-state index in [9.17, 15) is 9.59 Å². The number of hydrogen-bond donors (Lipinski definition) is 0. The van der Waals surface area contributed by atoms with Gasteiger partial charge in [-0.1, -0.05) is 35.4 Å². The van der Waals surface area contributed by atoms with E-state index >= 15 is 0 Å². The van der Waals surface area contributed by atoms with Gasteiger partial charge < -0.3 is 4.90 Å². The van der Waals surface area contributed by atoms with Crippen LogP contribution in [0.3, 0.4) is 0 Å². The number of nitrogens with zero attached hydrogens (tertiary/aromatic N) is 1. The second-order valence-corrected chi connectivity index (χ2v) is 5.98. The van der Waals surface area contributed by atoms with E-state index in [1.165, 1.54) is 0 Å². The molecular weight excluding hydrogens is 298 g/mol. The van der Waals surface area contributed by atoms with Crippen LogP contribution in [0.25, 0.3) is 0 Å². The molecule has 2 aromatic rings. The van der Waals surface area contributed by atoms with Gasteiger partial charge in [0, 0.05) is 23.6 Å². The Balaban J connectivity index is 1.86. The number of fused-ring (bicyclic) bond motifs is 1. The fourth-order valence-corrected chi connectivity index (χ4v) is 2.83. The van der Waals surface area contributed by atoms with Gasteiger partial charge in [-0.3, -0.25) is 9.59 Å². The molecule has 0 spiro atoms. The monoisotopic (exact) mass is 313 g/mol. The molecule has 112 valence electrons. The Kier molecular flexibility index (Phi) is 3.99. The lowest BCUT2D eigenvalue weighted by Crippen LogP contribution is -2.38. The minimum absolute atomic E-state index is 0.0000690. The number of aryl methyl sites for hydroxylation is 1. The lowest BCUT2D eigenvalue weighted by molar-refractivity contribution is -0.118. The van der Waals surface area contributed by atoms with Crippen molar-refractivity contribution in [2.24, 2.45) is 0 Å². The topological polar surface area (TPSA) is 37.4 Å². The summed E-state index contributed by atoms with van der Waals surface area (Å²) in [4.78, 5) is 26.4. The molecule has 1 amide bonds. The average Bonchev–Trinajstić information content (AvgIpc) is 2.50. The van der Waals surface area contributed by atoms with Gasteiger partial charge in [0.05, 0.1) is 12.1 Å². The van der Waals surface area contributed by atoms with Crippen molar-refractivity contribution in [3.63, 3.8) is 0 Å². The molecule has 0 aliphatic carbocycles. The summed E-state index contributed by atoms with van der Waals surface area (Å²) < 4.78 is 0. The molecule has 3 nitrogen and oxygen atoms in total. The largest absolute Gasteiger partial charge is 0.311 e. The van der Waals surface area contributed by atoms with Crippen LogP contribution in [0, 0.1) is 6.92 Å². The number of carbonyl (C=O) groups excluding carboxylic acids is 2. The predicted molar refractivity (Wildman–Crippen MR) is 87.6 cm³/mol. The number of Topliss-reactive ketones (excluding diaryl/α,β-unsaturated/α-hetero) is 1. The second kappa shape index (κ2) is 5.93. The number of benzene rings is 2. The van der Waals surface area contributed by atoms with Gasteiger partial charge in [0.2, 0.25) is 5.91 Å². The maximum absolute atomic E-state index is 12.6. The summed E-state index contributed by atoms with van der Waals surface area (Å²) in [5, 5.41) is 0.653. The molecule has 0 bridgehead atoms. The molecule has 1 aliphatic heterocycles. The third kappa shape index (κ3) is 2.90. The highest BCUT2D eigenvalue weighted by atomic mass is 35.5. The fourth-order valence-electron chi connectivity index (χ4n) is 2.71. The molecule has 0 atom stereocenters. The zero-order valence-electron chi connectivity index (χ0n) is 12.3. The maximum Gasteiger partial charge on any atom is 0.231 e. The van der Waals surface area contributed by atoms with Gasteiger partial charge in [0.25, 0.3) is 0 Å². The second-order valence-electron chi connectivity index (χ2n) is 5.54. The number of carbonyl (C=O) groups is 2. The summed E-state index contributed by atoms with van der Waals surface area (Å²) in [6.45, 7) is 2.39. The van der Waals surface area contributed by atoms with Crippen molar-refractivity contribution in [1.82, 2.24) is 0 Å². The first-order chi connectivity index (χ1) is 10.5. The van der Waals surface area contributed by atoms with E-state index in [0.717, 1.165) is 16.8 Å². The van der Waals surface area contributed by atoms with E-state index in [0.29, 0.717) is 30.0 Å². The van der Waals surface area contributed by atoms with Crippen molar-refractivity contribution in [1.29, 1.82) is 0 Å². The van der Waals surface area contributed by atoms with Crippen LogP contribution in [0.5, 0.6) is 0 Å². The standard InChI is InChI=1S/C18H16ClNO2/c1-12-2-7-16-15(10-12)17(21)8-9-20(16)18(22)11-13-3-5-14(19)6-4-13/h2-7,10H,8-9,11H2,1H3. The minimum atomic E-state index is -0.0000690. The first-order valence-electron chi connectivity index (χ1n) is 7.23. The van der Waals surface area contributed by atoms with E-state index in [-0.39, 0.29) is 11.7 Å². The van der Waals surface area contributed by atoms with Crippen LogP contribution in [0.4, 0.5) is 5.69 Å². The van der Waals surface area contributed by atoms with Crippen LogP contribution in [0.2, 0.25) is 5.02 Å². The van der Waals surface area contributed by atoms with E-state index in [1.807, 2.05) is 37.3 Å². The lowest BCUT2D eigenvalue weighted by Gasteiger charge is -2.29. The number of amides is 1. The third-order valence-corrected chi connectivity index (χ3v) is 4.13. The van der Waals surface area contributed by atoms with Gasteiger partial charge in [-0.25, -0.2) is 0 Å². The minimum Gasteiger partial charge on any atom is -0.311 e. The van der Waals surface area contributed by atoms with E-state index in [1.54, 1.807) is 17.0 Å². The first kappa shape index (κ1) is 14.8. The predicted octanol–water partition coefficient (Wildman–Crippen LogP) is 3.81. The molecule has 0 saturated heterocycles. The molecule has 0 N–H and O–H groups in total. The SMILES string of the molecule is Cc1ccc2c(c1)C(=O)CCN2C(=O)Cc1ccc(Cl)cc1. The van der Waals surface area contributed by atoms with Gasteiger partial charge >= 0.3 is 0 Å². The van der Waals surface area contributed by atoms with Crippen LogP contribution < -0.4 is 4.90 Å². The van der Waals surface area contributed by atoms with Gasteiger partial charge in [-0.2, -0.15) is 0 Å². The third-order valence-electron chi connectivity index (χ3n) is 3.88. The number of hydrogen-bond acceptors (Lipinski definition) is 2. The lowest BCUT2D eigenvalue weighted by atomic mass is 9.97. The summed E-state index contributed by atoms with van der Waals surface area (Å²) in [5.74, 6) is 0.106. The highest BCUT2D eigenvalue weighted by Crippen LogP contribution is 2.28. The van der Waals surface area contributed by atoms with Crippen molar-refractivity contribution in [3.8, 4) is 0 Å². The molecular formula is C18H16ClNO2. The van der Waals surface area contributed by atoms with Crippen LogP contribution in [-0.4, -0.2) is 18.2 Å². The molecule has 0 saturated carbocycles. The molecule has 0 fully saturated rings. The first-order valence-corrected chi connectivity index (χ1v) is 7.61. The Morgan fingerprint density at radius 2 is 1.91 bits per heavy atom. The summed E-state index contributed by atoms with van der Waals surface area (Å²) in [7, 11) is 0. The zero-order valence-corrected chi connectivity index (χ0v) is 13.1. The molecule has 0 unspecified atom stereocenters. The number of ketones is 1. The normalized spacial score (nSPS) is 13.9. The molecule has 1 heterocycles. The van der Waals surface area contributed by atoms with Crippen molar-refractivity contribution in [2.45, 2.75) is 19.8 Å². The van der Waals surface area contributed by atoms with Crippen molar-refractivity contribution >= 4 is 29.0 Å². The summed E-state index contributed by atoms with van der Waals surface area (Å²) in [6, 6.07) is 12.9. The van der Waals surface area contributed by atoms with Crippen molar-refractivity contribution < 1.29 is 9.59 Å². The summed E-state index contributed by atoms with van der Waals surface area (Å²) >= 11 is 5.86. The molecule has 3 rings (SSSR count). The Labute approximate surface area is 134 Å². The Hall–Kier alpha value is -2.13. The fraction of sp³-hybridized carbons (Fsp3) is 0.222. The zero-order chi connectivity index (χ0) is 15.7. The summed E-state index contributed by atoms with van der Waals surface area (Å²) in [6.07, 6.45) is 0.682.